The van der Waals surface area contributed by atoms with Crippen molar-refractivity contribution in [3.63, 3.8) is 0 Å². The molecule has 0 unspecified atom stereocenters. The fraction of sp³-hybridized carbons (Fsp3) is 0.158. The molecule has 3 aromatic rings. The van der Waals surface area contributed by atoms with Crippen LogP contribution in [-0.2, 0) is 6.54 Å². The maximum Gasteiger partial charge on any atom is 0.274 e. The fourth-order valence-electron chi connectivity index (χ4n) is 2.62. The van der Waals surface area contributed by atoms with Crippen molar-refractivity contribution < 1.29 is 9.72 Å². The number of hydrogen-bond acceptors (Lipinski definition) is 5. The summed E-state index contributed by atoms with van der Waals surface area (Å²) in [7, 11) is 1.64. The standard InChI is InChI=1S/C19H17N3O3S/c1-13-17(26-18(20-13)14-8-4-3-5-9-14)19(23)21(2)12-15-10-6-7-11-16(15)22(24)25/h3-11H,12H2,1-2H3. The SMILES string of the molecule is Cc1nc(-c2ccccc2)sc1C(=O)N(C)Cc1ccccc1[N+](=O)[O-]. The first-order chi connectivity index (χ1) is 12.5. The summed E-state index contributed by atoms with van der Waals surface area (Å²) in [6.45, 7) is 1.96. The largest absolute Gasteiger partial charge is 0.336 e. The van der Waals surface area contributed by atoms with Gasteiger partial charge < -0.3 is 4.90 Å². The van der Waals surface area contributed by atoms with Crippen molar-refractivity contribution in [3.05, 3.63) is 80.8 Å². The quantitative estimate of drug-likeness (QED) is 0.498. The summed E-state index contributed by atoms with van der Waals surface area (Å²) < 4.78 is 0. The van der Waals surface area contributed by atoms with Crippen molar-refractivity contribution in [3.8, 4) is 10.6 Å². The molecular weight excluding hydrogens is 350 g/mol. The third-order valence-electron chi connectivity index (χ3n) is 3.95. The van der Waals surface area contributed by atoms with E-state index in [0.29, 0.717) is 16.1 Å². The van der Waals surface area contributed by atoms with Crippen molar-refractivity contribution in [2.75, 3.05) is 7.05 Å². The Kier molecular flexibility index (Phi) is 5.09. The van der Waals surface area contributed by atoms with Crippen LogP contribution in [0.2, 0.25) is 0 Å². The van der Waals surface area contributed by atoms with Gasteiger partial charge in [0.25, 0.3) is 11.6 Å². The van der Waals surface area contributed by atoms with Crippen molar-refractivity contribution >= 4 is 22.9 Å². The second kappa shape index (κ2) is 7.45. The van der Waals surface area contributed by atoms with E-state index in [1.165, 1.54) is 22.3 Å². The minimum Gasteiger partial charge on any atom is -0.336 e. The van der Waals surface area contributed by atoms with Crippen molar-refractivity contribution in [2.24, 2.45) is 0 Å². The number of nitro benzene ring substituents is 1. The summed E-state index contributed by atoms with van der Waals surface area (Å²) in [5.74, 6) is -0.194. The van der Waals surface area contributed by atoms with E-state index in [9.17, 15) is 14.9 Å². The number of hydrogen-bond donors (Lipinski definition) is 0. The Balaban J connectivity index is 1.84. The van der Waals surface area contributed by atoms with Gasteiger partial charge >= 0.3 is 0 Å². The zero-order valence-corrected chi connectivity index (χ0v) is 15.2. The first kappa shape index (κ1) is 17.8. The van der Waals surface area contributed by atoms with Gasteiger partial charge in [-0.1, -0.05) is 48.5 Å². The molecule has 3 rings (SSSR count). The maximum absolute atomic E-state index is 12.8. The lowest BCUT2D eigenvalue weighted by Gasteiger charge is -2.16. The minimum absolute atomic E-state index is 0.0122. The molecular formula is C19H17N3O3S. The van der Waals surface area contributed by atoms with Crippen LogP contribution in [-0.4, -0.2) is 27.8 Å². The molecule has 0 radical (unpaired) electrons. The van der Waals surface area contributed by atoms with Crippen LogP contribution in [0.15, 0.2) is 54.6 Å². The van der Waals surface area contributed by atoms with E-state index in [-0.39, 0.29) is 18.1 Å². The predicted molar refractivity (Wildman–Crippen MR) is 101 cm³/mol. The van der Waals surface area contributed by atoms with Crippen molar-refractivity contribution in [2.45, 2.75) is 13.5 Å². The van der Waals surface area contributed by atoms with E-state index < -0.39 is 4.92 Å². The minimum atomic E-state index is -0.431. The summed E-state index contributed by atoms with van der Waals surface area (Å²) in [6, 6.07) is 16.1. The zero-order valence-electron chi connectivity index (χ0n) is 14.4. The summed E-state index contributed by atoms with van der Waals surface area (Å²) in [4.78, 5) is 30.1. The summed E-state index contributed by atoms with van der Waals surface area (Å²) >= 11 is 1.33. The highest BCUT2D eigenvalue weighted by molar-refractivity contribution is 7.17. The molecule has 7 heteroatoms. The van der Waals surface area contributed by atoms with Gasteiger partial charge in [-0.15, -0.1) is 11.3 Å². The lowest BCUT2D eigenvalue weighted by atomic mass is 10.1. The molecule has 26 heavy (non-hydrogen) atoms. The molecule has 0 aliphatic heterocycles. The molecule has 0 atom stereocenters. The van der Waals surface area contributed by atoms with Gasteiger partial charge in [0.2, 0.25) is 0 Å². The zero-order chi connectivity index (χ0) is 18.7. The molecule has 0 N–H and O–H groups in total. The average molecular weight is 367 g/mol. The van der Waals surface area contributed by atoms with Gasteiger partial charge in [0.15, 0.2) is 0 Å². The van der Waals surface area contributed by atoms with Crippen LogP contribution in [0.1, 0.15) is 20.9 Å². The van der Waals surface area contributed by atoms with Crippen LogP contribution in [0.5, 0.6) is 0 Å². The Morgan fingerprint density at radius 3 is 2.50 bits per heavy atom. The molecule has 0 fully saturated rings. The number of thiazole rings is 1. The highest BCUT2D eigenvalue weighted by atomic mass is 32.1. The van der Waals surface area contributed by atoms with Gasteiger partial charge in [0, 0.05) is 24.2 Å². The number of nitrogens with zero attached hydrogens (tertiary/aromatic N) is 3. The van der Waals surface area contributed by atoms with E-state index in [4.69, 9.17) is 0 Å². The molecule has 0 spiro atoms. The number of benzene rings is 2. The molecule has 2 aromatic carbocycles. The van der Waals surface area contributed by atoms with Gasteiger partial charge in [0.1, 0.15) is 9.88 Å². The molecule has 1 amide bonds. The highest BCUT2D eigenvalue weighted by Crippen LogP contribution is 2.29. The molecule has 0 saturated carbocycles. The molecule has 0 bridgehead atoms. The number of carbonyl (C=O) groups excluding carboxylic acids is 1. The average Bonchev–Trinajstić information content (AvgIpc) is 3.03. The number of rotatable bonds is 5. The van der Waals surface area contributed by atoms with E-state index in [0.717, 1.165) is 10.6 Å². The molecule has 6 nitrogen and oxygen atoms in total. The molecule has 1 heterocycles. The fourth-order valence-corrected chi connectivity index (χ4v) is 3.69. The number of carbonyl (C=O) groups is 1. The molecule has 0 aliphatic rings. The van der Waals surface area contributed by atoms with E-state index in [1.54, 1.807) is 32.2 Å². The number of aryl methyl sites for hydroxylation is 1. The predicted octanol–water partition coefficient (Wildman–Crippen LogP) is 4.30. The van der Waals surface area contributed by atoms with Gasteiger partial charge in [0.05, 0.1) is 17.2 Å². The van der Waals surface area contributed by atoms with Crippen LogP contribution >= 0.6 is 11.3 Å². The maximum atomic E-state index is 12.8. The van der Waals surface area contributed by atoms with Crippen LogP contribution in [0.25, 0.3) is 10.6 Å². The number of aromatic nitrogens is 1. The highest BCUT2D eigenvalue weighted by Gasteiger charge is 2.22. The third kappa shape index (κ3) is 3.62. The van der Waals surface area contributed by atoms with Crippen molar-refractivity contribution in [1.82, 2.24) is 9.88 Å². The first-order valence-electron chi connectivity index (χ1n) is 7.98. The van der Waals surface area contributed by atoms with Gasteiger partial charge in [-0.05, 0) is 6.92 Å². The van der Waals surface area contributed by atoms with Crippen LogP contribution in [0.4, 0.5) is 5.69 Å². The third-order valence-corrected chi connectivity index (χ3v) is 5.15. The topological polar surface area (TPSA) is 76.3 Å². The second-order valence-corrected chi connectivity index (χ2v) is 6.85. The van der Waals surface area contributed by atoms with Crippen molar-refractivity contribution in [1.29, 1.82) is 0 Å². The lowest BCUT2D eigenvalue weighted by molar-refractivity contribution is -0.385. The Morgan fingerprint density at radius 1 is 1.15 bits per heavy atom. The van der Waals surface area contributed by atoms with Gasteiger partial charge in [-0.3, -0.25) is 14.9 Å². The molecule has 0 saturated heterocycles. The van der Waals surface area contributed by atoms with Gasteiger partial charge in [-0.25, -0.2) is 4.98 Å². The summed E-state index contributed by atoms with van der Waals surface area (Å²) in [6.07, 6.45) is 0. The Labute approximate surface area is 154 Å². The monoisotopic (exact) mass is 367 g/mol. The van der Waals surface area contributed by atoms with Crippen LogP contribution < -0.4 is 0 Å². The number of para-hydroxylation sites is 1. The Bertz CT molecular complexity index is 954. The smallest absolute Gasteiger partial charge is 0.274 e. The first-order valence-corrected chi connectivity index (χ1v) is 8.79. The van der Waals surface area contributed by atoms with E-state index >= 15 is 0 Å². The second-order valence-electron chi connectivity index (χ2n) is 5.85. The number of amides is 1. The van der Waals surface area contributed by atoms with E-state index in [2.05, 4.69) is 4.98 Å². The molecule has 1 aromatic heterocycles. The normalized spacial score (nSPS) is 10.5. The Morgan fingerprint density at radius 2 is 1.81 bits per heavy atom. The lowest BCUT2D eigenvalue weighted by Crippen LogP contribution is -2.26. The van der Waals surface area contributed by atoms with Crippen LogP contribution in [0, 0.1) is 17.0 Å². The van der Waals surface area contributed by atoms with Gasteiger partial charge in [-0.2, -0.15) is 0 Å². The molecule has 132 valence electrons. The summed E-state index contributed by atoms with van der Waals surface area (Å²) in [5.41, 5.74) is 2.13. The number of nitro groups is 1. The van der Waals surface area contributed by atoms with Crippen LogP contribution in [0.3, 0.4) is 0 Å². The Hall–Kier alpha value is -3.06. The molecule has 0 aliphatic carbocycles. The van der Waals surface area contributed by atoms with E-state index in [1.807, 2.05) is 30.3 Å². The summed E-state index contributed by atoms with van der Waals surface area (Å²) in [5, 5.41) is 11.9.